The van der Waals surface area contributed by atoms with E-state index in [2.05, 4.69) is 5.32 Å². The average molecular weight is 299 g/mol. The third-order valence-electron chi connectivity index (χ3n) is 3.23. The summed E-state index contributed by atoms with van der Waals surface area (Å²) in [4.78, 5) is 1.17. The summed E-state index contributed by atoms with van der Waals surface area (Å²) in [7, 11) is 3.29. The molecule has 0 aliphatic rings. The molecule has 2 N–H and O–H groups in total. The van der Waals surface area contributed by atoms with E-state index in [1.54, 1.807) is 26.0 Å². The molecular formula is C15H25NO3S. The number of thioether (sulfide) groups is 1. The Morgan fingerprint density at radius 2 is 1.90 bits per heavy atom. The van der Waals surface area contributed by atoms with Crippen molar-refractivity contribution >= 4 is 11.8 Å². The van der Waals surface area contributed by atoms with Crippen LogP contribution in [0.5, 0.6) is 11.5 Å². The van der Waals surface area contributed by atoms with Crippen LogP contribution in [0.2, 0.25) is 0 Å². The molecule has 0 aliphatic heterocycles. The Kier molecular flexibility index (Phi) is 7.80. The highest BCUT2D eigenvalue weighted by Gasteiger charge is 2.10. The van der Waals surface area contributed by atoms with Gasteiger partial charge in [-0.15, -0.1) is 11.8 Å². The lowest BCUT2D eigenvalue weighted by Gasteiger charge is -2.15. The van der Waals surface area contributed by atoms with Gasteiger partial charge in [-0.1, -0.05) is 6.92 Å². The Balaban J connectivity index is 2.68. The van der Waals surface area contributed by atoms with Gasteiger partial charge in [0.1, 0.15) is 0 Å². The van der Waals surface area contributed by atoms with Crippen molar-refractivity contribution in [3.05, 3.63) is 17.7 Å². The molecule has 0 fully saturated rings. The smallest absolute Gasteiger partial charge is 0.161 e. The van der Waals surface area contributed by atoms with E-state index < -0.39 is 0 Å². The van der Waals surface area contributed by atoms with E-state index in [9.17, 15) is 5.11 Å². The molecule has 0 radical (unpaired) electrons. The van der Waals surface area contributed by atoms with E-state index in [1.807, 2.05) is 25.3 Å². The van der Waals surface area contributed by atoms with Crippen LogP contribution >= 0.6 is 11.8 Å². The van der Waals surface area contributed by atoms with Gasteiger partial charge in [-0.2, -0.15) is 0 Å². The summed E-state index contributed by atoms with van der Waals surface area (Å²) in [6, 6.07) is 4.01. The maximum Gasteiger partial charge on any atom is 0.161 e. The first-order chi connectivity index (χ1) is 9.65. The van der Waals surface area contributed by atoms with Gasteiger partial charge in [0, 0.05) is 11.4 Å². The average Bonchev–Trinajstić information content (AvgIpc) is 2.50. The fourth-order valence-electron chi connectivity index (χ4n) is 1.93. The zero-order valence-corrected chi connectivity index (χ0v) is 13.5. The van der Waals surface area contributed by atoms with Gasteiger partial charge in [0.25, 0.3) is 0 Å². The molecule has 0 aliphatic carbocycles. The first-order valence-electron chi connectivity index (χ1n) is 6.83. The molecule has 5 heteroatoms. The Labute approximate surface area is 125 Å². The lowest BCUT2D eigenvalue weighted by Crippen LogP contribution is -2.20. The number of benzene rings is 1. The van der Waals surface area contributed by atoms with Gasteiger partial charge in [-0.05, 0) is 43.3 Å². The third kappa shape index (κ3) is 4.89. The molecule has 1 atom stereocenters. The van der Waals surface area contributed by atoms with Crippen molar-refractivity contribution in [1.82, 2.24) is 5.32 Å². The third-order valence-corrected chi connectivity index (χ3v) is 4.05. The number of aliphatic hydroxyl groups is 1. The molecule has 0 heterocycles. The van der Waals surface area contributed by atoms with Gasteiger partial charge in [-0.25, -0.2) is 0 Å². The van der Waals surface area contributed by atoms with Crippen LogP contribution < -0.4 is 14.8 Å². The zero-order valence-electron chi connectivity index (χ0n) is 12.7. The van der Waals surface area contributed by atoms with Crippen molar-refractivity contribution in [1.29, 1.82) is 0 Å². The van der Waals surface area contributed by atoms with Gasteiger partial charge >= 0.3 is 0 Å². The van der Waals surface area contributed by atoms with Gasteiger partial charge in [0.2, 0.25) is 0 Å². The molecule has 114 valence electrons. The first kappa shape index (κ1) is 17.1. The fraction of sp³-hybridized carbons (Fsp3) is 0.600. The summed E-state index contributed by atoms with van der Waals surface area (Å²) in [5.74, 6) is 1.50. The maximum absolute atomic E-state index is 9.53. The summed E-state index contributed by atoms with van der Waals surface area (Å²) in [6.45, 7) is 3.55. The normalized spacial score (nSPS) is 12.2. The summed E-state index contributed by atoms with van der Waals surface area (Å²) >= 11 is 1.69. The Morgan fingerprint density at radius 1 is 1.25 bits per heavy atom. The Bertz CT molecular complexity index is 412. The van der Waals surface area contributed by atoms with Crippen molar-refractivity contribution in [2.75, 3.05) is 27.0 Å². The molecule has 1 aromatic carbocycles. The predicted octanol–water partition coefficient (Wildman–Crippen LogP) is 2.68. The van der Waals surface area contributed by atoms with Crippen molar-refractivity contribution in [3.63, 3.8) is 0 Å². The molecule has 20 heavy (non-hydrogen) atoms. The lowest BCUT2D eigenvalue weighted by molar-refractivity contribution is 0.159. The Hall–Kier alpha value is -0.910. The van der Waals surface area contributed by atoms with E-state index in [4.69, 9.17) is 9.47 Å². The molecule has 0 aromatic heterocycles. The molecule has 0 amide bonds. The standard InChI is InChI=1S/C15H25NO3S/c1-5-12(17)6-7-16-10-11-8-13(18-2)14(19-3)9-15(11)20-4/h8-9,12,16-17H,5-7,10H2,1-4H3. The van der Waals surface area contributed by atoms with Crippen molar-refractivity contribution < 1.29 is 14.6 Å². The molecule has 1 rings (SSSR count). The van der Waals surface area contributed by atoms with Gasteiger partial charge < -0.3 is 19.9 Å². The summed E-state index contributed by atoms with van der Waals surface area (Å²) in [5.41, 5.74) is 1.18. The molecule has 4 nitrogen and oxygen atoms in total. The summed E-state index contributed by atoms with van der Waals surface area (Å²) in [6.07, 6.45) is 3.41. The molecule has 0 spiro atoms. The SMILES string of the molecule is CCC(O)CCNCc1cc(OC)c(OC)cc1SC. The summed E-state index contributed by atoms with van der Waals surface area (Å²) in [5, 5.41) is 12.9. The number of rotatable bonds is 9. The van der Waals surface area contributed by atoms with Crippen molar-refractivity contribution in [2.24, 2.45) is 0 Å². The van der Waals surface area contributed by atoms with Gasteiger partial charge in [-0.3, -0.25) is 0 Å². The van der Waals surface area contributed by atoms with E-state index in [-0.39, 0.29) is 6.10 Å². The van der Waals surface area contributed by atoms with Crippen LogP contribution in [0.4, 0.5) is 0 Å². The minimum absolute atomic E-state index is 0.215. The molecule has 1 unspecified atom stereocenters. The summed E-state index contributed by atoms with van der Waals surface area (Å²) < 4.78 is 10.6. The molecular weight excluding hydrogens is 274 g/mol. The number of methoxy groups -OCH3 is 2. The maximum atomic E-state index is 9.53. The fourth-order valence-corrected chi connectivity index (χ4v) is 2.54. The first-order valence-corrected chi connectivity index (χ1v) is 8.06. The van der Waals surface area contributed by atoms with Crippen molar-refractivity contribution in [3.8, 4) is 11.5 Å². The Morgan fingerprint density at radius 3 is 2.45 bits per heavy atom. The number of hydrogen-bond donors (Lipinski definition) is 2. The number of nitrogens with one attached hydrogen (secondary N) is 1. The second-order valence-corrected chi connectivity index (χ2v) is 5.39. The monoisotopic (exact) mass is 299 g/mol. The molecule has 0 saturated carbocycles. The minimum Gasteiger partial charge on any atom is -0.493 e. The van der Waals surface area contributed by atoms with Crippen LogP contribution in [-0.4, -0.2) is 38.2 Å². The van der Waals surface area contributed by atoms with Crippen LogP contribution in [0.1, 0.15) is 25.3 Å². The number of ether oxygens (including phenoxy) is 2. The highest BCUT2D eigenvalue weighted by molar-refractivity contribution is 7.98. The van der Waals surface area contributed by atoms with Crippen LogP contribution in [0.3, 0.4) is 0 Å². The van der Waals surface area contributed by atoms with Crippen LogP contribution in [0.15, 0.2) is 17.0 Å². The van der Waals surface area contributed by atoms with E-state index in [0.29, 0.717) is 0 Å². The van der Waals surface area contributed by atoms with Crippen LogP contribution in [-0.2, 0) is 6.54 Å². The highest BCUT2D eigenvalue weighted by atomic mass is 32.2. The van der Waals surface area contributed by atoms with Crippen molar-refractivity contribution in [2.45, 2.75) is 37.3 Å². The zero-order chi connectivity index (χ0) is 15.0. The largest absolute Gasteiger partial charge is 0.493 e. The molecule has 0 bridgehead atoms. The van der Waals surface area contributed by atoms with E-state index in [0.717, 1.165) is 37.4 Å². The quantitative estimate of drug-likeness (QED) is 0.542. The molecule has 0 saturated heterocycles. The minimum atomic E-state index is -0.215. The van der Waals surface area contributed by atoms with Gasteiger partial charge in [0.05, 0.1) is 20.3 Å². The van der Waals surface area contributed by atoms with Gasteiger partial charge in [0.15, 0.2) is 11.5 Å². The predicted molar refractivity (Wildman–Crippen MR) is 83.9 cm³/mol. The van der Waals surface area contributed by atoms with Crippen LogP contribution in [0.25, 0.3) is 0 Å². The lowest BCUT2D eigenvalue weighted by atomic mass is 10.1. The van der Waals surface area contributed by atoms with E-state index >= 15 is 0 Å². The van der Waals surface area contributed by atoms with E-state index in [1.165, 1.54) is 10.5 Å². The number of aliphatic hydroxyl groups excluding tert-OH is 1. The molecule has 1 aromatic rings. The highest BCUT2D eigenvalue weighted by Crippen LogP contribution is 2.34. The van der Waals surface area contributed by atoms with Crippen LogP contribution in [0, 0.1) is 0 Å². The second-order valence-electron chi connectivity index (χ2n) is 4.55. The second kappa shape index (κ2) is 9.10. The number of hydrogen-bond acceptors (Lipinski definition) is 5. The topological polar surface area (TPSA) is 50.7 Å².